The molecule has 1 rings (SSSR count). The molecule has 1 aromatic rings. The maximum absolute atomic E-state index is 2.08. The molecule has 0 atom stereocenters. The first-order valence-electron chi connectivity index (χ1n) is 3.75. The van der Waals surface area contributed by atoms with E-state index in [1.807, 2.05) is 44.2 Å². The highest BCUT2D eigenvalue weighted by Gasteiger charge is 1.72. The Bertz CT molecular complexity index is 170. The molecule has 12 heavy (non-hydrogen) atoms. The van der Waals surface area contributed by atoms with E-state index in [0.29, 0.717) is 0 Å². The second kappa shape index (κ2) is 8.49. The summed E-state index contributed by atoms with van der Waals surface area (Å²) in [5, 5.41) is 0. The lowest BCUT2D eigenvalue weighted by Gasteiger charge is -1.90. The van der Waals surface area contributed by atoms with Gasteiger partial charge in [-0.25, -0.2) is 0 Å². The summed E-state index contributed by atoms with van der Waals surface area (Å²) in [7, 11) is 6.00. The van der Waals surface area contributed by atoms with E-state index in [9.17, 15) is 0 Å². The van der Waals surface area contributed by atoms with Gasteiger partial charge in [0.25, 0.3) is 0 Å². The Morgan fingerprint density at radius 2 is 1.25 bits per heavy atom. The van der Waals surface area contributed by atoms with Crippen molar-refractivity contribution in [3.05, 3.63) is 35.9 Å². The third-order valence-electron chi connectivity index (χ3n) is 0.940. The standard InChI is InChI=1S/C7H8.C3H9N.H4Si/c1-7-5-3-2-4-6-7;1-4(2)3;/h2-6H,1H3;1-3H3;1H4. The van der Waals surface area contributed by atoms with Crippen LogP contribution in [0.3, 0.4) is 0 Å². The third kappa shape index (κ3) is 12.1. The molecule has 0 heterocycles. The van der Waals surface area contributed by atoms with Crippen molar-refractivity contribution in [3.8, 4) is 0 Å². The SMILES string of the molecule is CN(C)C.Cc1ccccc1.[SiH4]. The largest absolute Gasteiger partial charge is 0.312 e. The minimum absolute atomic E-state index is 0. The summed E-state index contributed by atoms with van der Waals surface area (Å²) >= 11 is 0. The Morgan fingerprint density at radius 3 is 1.42 bits per heavy atom. The van der Waals surface area contributed by atoms with Crippen LogP contribution in [-0.4, -0.2) is 37.0 Å². The highest BCUT2D eigenvalue weighted by atomic mass is 28.1. The summed E-state index contributed by atoms with van der Waals surface area (Å²) in [6, 6.07) is 10.3. The van der Waals surface area contributed by atoms with E-state index in [4.69, 9.17) is 0 Å². The number of rotatable bonds is 0. The van der Waals surface area contributed by atoms with Gasteiger partial charge in [0, 0.05) is 0 Å². The molecule has 0 fully saturated rings. The van der Waals surface area contributed by atoms with E-state index in [-0.39, 0.29) is 11.0 Å². The predicted octanol–water partition coefficient (Wildman–Crippen LogP) is 0.721. The molecule has 0 aromatic heterocycles. The highest BCUT2D eigenvalue weighted by Crippen LogP contribution is 1.92. The summed E-state index contributed by atoms with van der Waals surface area (Å²) in [6.45, 7) is 2.08. The monoisotopic (exact) mass is 183 g/mol. The molecule has 0 radical (unpaired) electrons. The third-order valence-corrected chi connectivity index (χ3v) is 0.940. The maximum Gasteiger partial charge on any atom is -0.0140 e. The average Bonchev–Trinajstić information content (AvgIpc) is 1.87. The topological polar surface area (TPSA) is 3.24 Å². The Labute approximate surface area is 80.4 Å². The van der Waals surface area contributed by atoms with Crippen LogP contribution >= 0.6 is 0 Å². The normalized spacial score (nSPS) is 8.08. The highest BCUT2D eigenvalue weighted by molar-refractivity contribution is 5.75. The van der Waals surface area contributed by atoms with Crippen molar-refractivity contribution in [3.63, 3.8) is 0 Å². The van der Waals surface area contributed by atoms with Gasteiger partial charge in [-0.15, -0.1) is 0 Å². The van der Waals surface area contributed by atoms with Gasteiger partial charge in [0.15, 0.2) is 0 Å². The van der Waals surface area contributed by atoms with Crippen LogP contribution in [0.25, 0.3) is 0 Å². The van der Waals surface area contributed by atoms with Crippen LogP contribution < -0.4 is 0 Å². The average molecular weight is 183 g/mol. The molecule has 1 nitrogen and oxygen atoms in total. The van der Waals surface area contributed by atoms with Gasteiger partial charge < -0.3 is 4.90 Å². The van der Waals surface area contributed by atoms with Gasteiger partial charge in [-0.1, -0.05) is 35.9 Å². The molecule has 0 saturated heterocycles. The van der Waals surface area contributed by atoms with Crippen LogP contribution in [-0.2, 0) is 0 Å². The minimum Gasteiger partial charge on any atom is -0.312 e. The quantitative estimate of drug-likeness (QED) is 0.536. The van der Waals surface area contributed by atoms with Crippen molar-refractivity contribution in [2.24, 2.45) is 0 Å². The Kier molecular flexibility index (Phi) is 9.87. The summed E-state index contributed by atoms with van der Waals surface area (Å²) in [4.78, 5) is 2.00. The molecule has 0 N–H and O–H groups in total. The van der Waals surface area contributed by atoms with Crippen LogP contribution in [0.5, 0.6) is 0 Å². The molecule has 0 amide bonds. The van der Waals surface area contributed by atoms with Crippen molar-refractivity contribution < 1.29 is 0 Å². The van der Waals surface area contributed by atoms with Crippen molar-refractivity contribution in [1.29, 1.82) is 0 Å². The van der Waals surface area contributed by atoms with Gasteiger partial charge >= 0.3 is 0 Å². The molecule has 0 aliphatic rings. The molecule has 0 aliphatic carbocycles. The van der Waals surface area contributed by atoms with E-state index in [1.165, 1.54) is 5.56 Å². The van der Waals surface area contributed by atoms with E-state index in [0.717, 1.165) is 0 Å². The molecule has 0 aliphatic heterocycles. The lowest BCUT2D eigenvalue weighted by Crippen LogP contribution is -1.99. The first kappa shape index (κ1) is 14.0. The first-order chi connectivity index (χ1) is 5.13. The van der Waals surface area contributed by atoms with Gasteiger partial charge in [-0.05, 0) is 39.0 Å². The van der Waals surface area contributed by atoms with Gasteiger partial charge in [0.1, 0.15) is 0 Å². The number of aryl methyl sites for hydroxylation is 1. The van der Waals surface area contributed by atoms with E-state index >= 15 is 0 Å². The minimum atomic E-state index is 0. The fourth-order valence-corrected chi connectivity index (χ4v) is 0.534. The molecule has 0 unspecified atom stereocenters. The van der Waals surface area contributed by atoms with Crippen molar-refractivity contribution in [2.45, 2.75) is 6.92 Å². The molecule has 0 spiro atoms. The van der Waals surface area contributed by atoms with E-state index in [1.54, 1.807) is 0 Å². The van der Waals surface area contributed by atoms with E-state index < -0.39 is 0 Å². The van der Waals surface area contributed by atoms with Gasteiger partial charge in [-0.2, -0.15) is 0 Å². The number of hydrogen-bond acceptors (Lipinski definition) is 1. The molecule has 0 bridgehead atoms. The lowest BCUT2D eigenvalue weighted by molar-refractivity contribution is 0.505. The summed E-state index contributed by atoms with van der Waals surface area (Å²) < 4.78 is 0. The number of benzene rings is 1. The van der Waals surface area contributed by atoms with Crippen LogP contribution in [0.15, 0.2) is 30.3 Å². The predicted molar refractivity (Wildman–Crippen MR) is 62.1 cm³/mol. The van der Waals surface area contributed by atoms with Crippen molar-refractivity contribution in [2.75, 3.05) is 21.1 Å². The summed E-state index contributed by atoms with van der Waals surface area (Å²) in [6.07, 6.45) is 0. The molecule has 0 saturated carbocycles. The second-order valence-electron chi connectivity index (χ2n) is 3.00. The number of nitrogens with zero attached hydrogens (tertiary/aromatic N) is 1. The van der Waals surface area contributed by atoms with Gasteiger partial charge in [0.05, 0.1) is 0 Å². The lowest BCUT2D eigenvalue weighted by atomic mass is 10.2. The van der Waals surface area contributed by atoms with Crippen LogP contribution in [0, 0.1) is 6.92 Å². The molecular formula is C10H21NSi. The zero-order chi connectivity index (χ0) is 8.69. The number of hydrogen-bond donors (Lipinski definition) is 0. The molecular weight excluding hydrogens is 162 g/mol. The fourth-order valence-electron chi connectivity index (χ4n) is 0.534. The maximum atomic E-state index is 2.08. The van der Waals surface area contributed by atoms with Crippen LogP contribution in [0.4, 0.5) is 0 Å². The Hall–Kier alpha value is -0.603. The first-order valence-corrected chi connectivity index (χ1v) is 3.75. The molecule has 70 valence electrons. The van der Waals surface area contributed by atoms with Crippen molar-refractivity contribution in [1.82, 2.24) is 4.90 Å². The van der Waals surface area contributed by atoms with Crippen LogP contribution in [0.1, 0.15) is 5.56 Å². The Morgan fingerprint density at radius 1 is 0.917 bits per heavy atom. The summed E-state index contributed by atoms with van der Waals surface area (Å²) in [5.41, 5.74) is 1.32. The van der Waals surface area contributed by atoms with Gasteiger partial charge in [0.2, 0.25) is 0 Å². The second-order valence-corrected chi connectivity index (χ2v) is 3.00. The van der Waals surface area contributed by atoms with Crippen molar-refractivity contribution >= 4 is 11.0 Å². The molecule has 1 aromatic carbocycles. The molecule has 2 heteroatoms. The van der Waals surface area contributed by atoms with Crippen LogP contribution in [0.2, 0.25) is 0 Å². The fraction of sp³-hybridized carbons (Fsp3) is 0.400. The Balaban J connectivity index is 0. The van der Waals surface area contributed by atoms with Gasteiger partial charge in [-0.3, -0.25) is 0 Å². The zero-order valence-electron chi connectivity index (χ0n) is 7.83. The smallest absolute Gasteiger partial charge is 0.0140 e. The summed E-state index contributed by atoms with van der Waals surface area (Å²) in [5.74, 6) is 0. The zero-order valence-corrected chi connectivity index (χ0v) is 7.83. The van der Waals surface area contributed by atoms with E-state index in [2.05, 4.69) is 19.1 Å².